The predicted octanol–water partition coefficient (Wildman–Crippen LogP) is 1.64. The van der Waals surface area contributed by atoms with Gasteiger partial charge in [0.15, 0.2) is 0 Å². The molecular formula is C16H21FN2O2. The lowest BCUT2D eigenvalue weighted by molar-refractivity contribution is -0.125. The molecule has 5 heteroatoms. The lowest BCUT2D eigenvalue weighted by Gasteiger charge is -2.36. The van der Waals surface area contributed by atoms with Gasteiger partial charge in [0.1, 0.15) is 5.82 Å². The number of rotatable bonds is 3. The maximum Gasteiger partial charge on any atom is 0.244 e. The Balaban J connectivity index is 1.75. The van der Waals surface area contributed by atoms with Gasteiger partial charge in [-0.15, -0.1) is 0 Å². The third-order valence-corrected chi connectivity index (χ3v) is 4.55. The van der Waals surface area contributed by atoms with Crippen LogP contribution in [0.5, 0.6) is 0 Å². The molecule has 0 bridgehead atoms. The van der Waals surface area contributed by atoms with Crippen LogP contribution < -0.4 is 4.90 Å². The summed E-state index contributed by atoms with van der Waals surface area (Å²) in [5.74, 6) is 0.0247. The summed E-state index contributed by atoms with van der Waals surface area (Å²) in [4.78, 5) is 16.6. The van der Waals surface area contributed by atoms with Crippen molar-refractivity contribution in [2.45, 2.75) is 25.3 Å². The van der Waals surface area contributed by atoms with Crippen LogP contribution in [0.3, 0.4) is 0 Å². The predicted molar refractivity (Wildman–Crippen MR) is 78.5 cm³/mol. The first-order chi connectivity index (χ1) is 10.2. The molecule has 2 aliphatic rings. The zero-order valence-electron chi connectivity index (χ0n) is 12.0. The quantitative estimate of drug-likeness (QED) is 0.921. The standard InChI is InChI=1S/C16H21FN2O2/c17-13-3-1-4-14(9-13)19-7-2-5-15(16(19)21)18-8-6-12(10-18)11-20/h1,3-4,9,12,15,20H,2,5-8,10-11H2. The lowest BCUT2D eigenvalue weighted by Crippen LogP contribution is -2.52. The van der Waals surface area contributed by atoms with Crippen LogP contribution in [-0.4, -0.2) is 48.2 Å². The molecule has 21 heavy (non-hydrogen) atoms. The lowest BCUT2D eigenvalue weighted by atomic mass is 10.0. The summed E-state index contributed by atoms with van der Waals surface area (Å²) in [6.07, 6.45) is 2.72. The third kappa shape index (κ3) is 2.94. The normalized spacial score (nSPS) is 27.3. The molecule has 3 rings (SSSR count). The van der Waals surface area contributed by atoms with Gasteiger partial charge in [-0.2, -0.15) is 0 Å². The fourth-order valence-electron chi connectivity index (χ4n) is 3.39. The fraction of sp³-hybridized carbons (Fsp3) is 0.562. The number of halogens is 1. The third-order valence-electron chi connectivity index (χ3n) is 4.55. The summed E-state index contributed by atoms with van der Waals surface area (Å²) < 4.78 is 13.4. The molecule has 0 spiro atoms. The Morgan fingerprint density at radius 1 is 1.29 bits per heavy atom. The molecule has 1 N–H and O–H groups in total. The van der Waals surface area contributed by atoms with Crippen molar-refractivity contribution in [1.82, 2.24) is 4.90 Å². The Morgan fingerprint density at radius 3 is 2.86 bits per heavy atom. The van der Waals surface area contributed by atoms with E-state index in [4.69, 9.17) is 0 Å². The maximum absolute atomic E-state index is 13.4. The van der Waals surface area contributed by atoms with Crippen molar-refractivity contribution in [2.75, 3.05) is 31.1 Å². The van der Waals surface area contributed by atoms with Gasteiger partial charge < -0.3 is 10.0 Å². The maximum atomic E-state index is 13.4. The number of aliphatic hydroxyl groups excluding tert-OH is 1. The molecule has 1 aromatic rings. The number of amides is 1. The molecule has 1 amide bonds. The first kappa shape index (κ1) is 14.5. The molecule has 4 nitrogen and oxygen atoms in total. The highest BCUT2D eigenvalue weighted by atomic mass is 19.1. The molecule has 2 saturated heterocycles. The van der Waals surface area contributed by atoms with Crippen LogP contribution in [0, 0.1) is 11.7 Å². The molecule has 2 heterocycles. The van der Waals surface area contributed by atoms with Crippen molar-refractivity contribution in [2.24, 2.45) is 5.92 Å². The number of aliphatic hydroxyl groups is 1. The van der Waals surface area contributed by atoms with Crippen LogP contribution in [0.2, 0.25) is 0 Å². The van der Waals surface area contributed by atoms with Crippen molar-refractivity contribution in [3.63, 3.8) is 0 Å². The van der Waals surface area contributed by atoms with Gasteiger partial charge in [0.25, 0.3) is 0 Å². The van der Waals surface area contributed by atoms with Gasteiger partial charge in [-0.3, -0.25) is 9.69 Å². The number of nitrogens with zero attached hydrogens (tertiary/aromatic N) is 2. The van der Waals surface area contributed by atoms with E-state index in [1.165, 1.54) is 12.1 Å². The highest BCUT2D eigenvalue weighted by Gasteiger charge is 2.37. The number of likely N-dealkylation sites (tertiary alicyclic amines) is 1. The summed E-state index contributed by atoms with van der Waals surface area (Å²) in [6.45, 7) is 2.48. The SMILES string of the molecule is O=C1C(N2CCC(CO)C2)CCCN1c1cccc(F)c1. The topological polar surface area (TPSA) is 43.8 Å². The molecular weight excluding hydrogens is 271 g/mol. The number of anilines is 1. The van der Waals surface area contributed by atoms with E-state index in [2.05, 4.69) is 4.90 Å². The van der Waals surface area contributed by atoms with E-state index in [1.807, 2.05) is 0 Å². The van der Waals surface area contributed by atoms with Crippen LogP contribution in [0.15, 0.2) is 24.3 Å². The van der Waals surface area contributed by atoms with E-state index >= 15 is 0 Å². The molecule has 0 aromatic heterocycles. The van der Waals surface area contributed by atoms with E-state index in [-0.39, 0.29) is 30.3 Å². The first-order valence-corrected chi connectivity index (χ1v) is 7.61. The Kier molecular flexibility index (Phi) is 4.22. The highest BCUT2D eigenvalue weighted by molar-refractivity contribution is 5.97. The van der Waals surface area contributed by atoms with Gasteiger partial charge in [-0.1, -0.05) is 6.07 Å². The van der Waals surface area contributed by atoms with Crippen LogP contribution in [0.4, 0.5) is 10.1 Å². The van der Waals surface area contributed by atoms with Crippen molar-refractivity contribution < 1.29 is 14.3 Å². The second-order valence-corrected chi connectivity index (χ2v) is 5.96. The molecule has 0 radical (unpaired) electrons. The minimum atomic E-state index is -0.316. The van der Waals surface area contributed by atoms with Gasteiger partial charge in [0.05, 0.1) is 6.04 Å². The Morgan fingerprint density at radius 2 is 2.14 bits per heavy atom. The van der Waals surface area contributed by atoms with E-state index < -0.39 is 0 Å². The van der Waals surface area contributed by atoms with Gasteiger partial charge in [0, 0.05) is 25.4 Å². The van der Waals surface area contributed by atoms with Crippen molar-refractivity contribution >= 4 is 11.6 Å². The Bertz CT molecular complexity index is 523. The molecule has 2 fully saturated rings. The summed E-state index contributed by atoms with van der Waals surface area (Å²) in [5, 5.41) is 9.24. The fourth-order valence-corrected chi connectivity index (χ4v) is 3.39. The molecule has 114 valence electrons. The van der Waals surface area contributed by atoms with Crippen LogP contribution >= 0.6 is 0 Å². The molecule has 0 aliphatic carbocycles. The molecule has 2 unspecified atom stereocenters. The summed E-state index contributed by atoms with van der Waals surface area (Å²) in [7, 11) is 0. The van der Waals surface area contributed by atoms with Gasteiger partial charge in [-0.25, -0.2) is 4.39 Å². The second kappa shape index (κ2) is 6.12. The number of benzene rings is 1. The summed E-state index contributed by atoms with van der Waals surface area (Å²) in [5.41, 5.74) is 0.641. The number of piperidine rings is 1. The van der Waals surface area contributed by atoms with Crippen LogP contribution in [-0.2, 0) is 4.79 Å². The van der Waals surface area contributed by atoms with E-state index in [0.29, 0.717) is 12.2 Å². The Hall–Kier alpha value is -1.46. The first-order valence-electron chi connectivity index (χ1n) is 7.61. The minimum absolute atomic E-state index is 0.0606. The number of carbonyl (C=O) groups is 1. The number of carbonyl (C=O) groups excluding carboxylic acids is 1. The molecule has 0 saturated carbocycles. The smallest absolute Gasteiger partial charge is 0.244 e. The number of hydrogen-bond acceptors (Lipinski definition) is 3. The van der Waals surface area contributed by atoms with Crippen LogP contribution in [0.1, 0.15) is 19.3 Å². The zero-order valence-corrected chi connectivity index (χ0v) is 12.0. The van der Waals surface area contributed by atoms with Gasteiger partial charge >= 0.3 is 0 Å². The van der Waals surface area contributed by atoms with Crippen LogP contribution in [0.25, 0.3) is 0 Å². The molecule has 1 aromatic carbocycles. The van der Waals surface area contributed by atoms with E-state index in [1.54, 1.807) is 17.0 Å². The highest BCUT2D eigenvalue weighted by Crippen LogP contribution is 2.27. The van der Waals surface area contributed by atoms with E-state index in [9.17, 15) is 14.3 Å². The van der Waals surface area contributed by atoms with Gasteiger partial charge in [0.2, 0.25) is 5.91 Å². The monoisotopic (exact) mass is 292 g/mol. The van der Waals surface area contributed by atoms with E-state index in [0.717, 1.165) is 32.4 Å². The molecule has 2 aliphatic heterocycles. The minimum Gasteiger partial charge on any atom is -0.396 e. The van der Waals surface area contributed by atoms with Crippen molar-refractivity contribution in [1.29, 1.82) is 0 Å². The average Bonchev–Trinajstić information content (AvgIpc) is 2.96. The van der Waals surface area contributed by atoms with Crippen molar-refractivity contribution in [3.8, 4) is 0 Å². The largest absolute Gasteiger partial charge is 0.396 e. The van der Waals surface area contributed by atoms with Gasteiger partial charge in [-0.05, 0) is 49.9 Å². The zero-order chi connectivity index (χ0) is 14.8. The van der Waals surface area contributed by atoms with Crippen molar-refractivity contribution in [3.05, 3.63) is 30.1 Å². The summed E-state index contributed by atoms with van der Waals surface area (Å²) in [6, 6.07) is 6.10. The average molecular weight is 292 g/mol. The summed E-state index contributed by atoms with van der Waals surface area (Å²) >= 11 is 0. The second-order valence-electron chi connectivity index (χ2n) is 5.96. The number of hydrogen-bond donors (Lipinski definition) is 1. The molecule has 2 atom stereocenters. The Labute approximate surface area is 124 Å².